The summed E-state index contributed by atoms with van der Waals surface area (Å²) >= 11 is 5.54. The lowest BCUT2D eigenvalue weighted by atomic mass is 9.85. The molecule has 0 aliphatic heterocycles. The Bertz CT molecular complexity index is 480. The second kappa shape index (κ2) is 7.03. The van der Waals surface area contributed by atoms with E-state index in [2.05, 4.69) is 45.5 Å². The summed E-state index contributed by atoms with van der Waals surface area (Å²) in [7, 11) is 0. The number of benzene rings is 1. The Morgan fingerprint density at radius 3 is 2.81 bits per heavy atom. The zero-order valence-electron chi connectivity index (χ0n) is 12.4. The molecule has 2 fully saturated rings. The molecule has 2 atom stereocenters. The fourth-order valence-corrected chi connectivity index (χ4v) is 5.15. The quantitative estimate of drug-likeness (QED) is 0.705. The van der Waals surface area contributed by atoms with E-state index in [4.69, 9.17) is 0 Å². The first kappa shape index (κ1) is 15.9. The van der Waals surface area contributed by atoms with Gasteiger partial charge in [0, 0.05) is 20.9 Å². The van der Waals surface area contributed by atoms with E-state index < -0.39 is 0 Å². The van der Waals surface area contributed by atoms with Crippen molar-refractivity contribution in [3.63, 3.8) is 0 Å². The number of hydrogen-bond donors (Lipinski definition) is 2. The molecular formula is C17H24BrNOS. The fraction of sp³-hybridized carbons (Fsp3) is 0.647. The van der Waals surface area contributed by atoms with Crippen LogP contribution in [-0.2, 0) is 0 Å². The lowest BCUT2D eigenvalue weighted by Gasteiger charge is -2.35. The topological polar surface area (TPSA) is 32.3 Å². The Kier molecular flexibility index (Phi) is 5.31. The van der Waals surface area contributed by atoms with Gasteiger partial charge in [-0.05, 0) is 71.8 Å². The maximum atomic E-state index is 9.95. The number of hydrogen-bond acceptors (Lipinski definition) is 3. The van der Waals surface area contributed by atoms with E-state index in [1.54, 1.807) is 0 Å². The van der Waals surface area contributed by atoms with Crippen LogP contribution < -0.4 is 5.32 Å². The van der Waals surface area contributed by atoms with Crippen LogP contribution >= 0.6 is 27.7 Å². The van der Waals surface area contributed by atoms with Gasteiger partial charge in [0.15, 0.2) is 0 Å². The number of halogens is 1. The van der Waals surface area contributed by atoms with Crippen molar-refractivity contribution in [2.24, 2.45) is 5.92 Å². The van der Waals surface area contributed by atoms with Crippen LogP contribution in [0.4, 0.5) is 0 Å². The van der Waals surface area contributed by atoms with Gasteiger partial charge in [0.25, 0.3) is 0 Å². The van der Waals surface area contributed by atoms with Crippen molar-refractivity contribution in [1.82, 2.24) is 5.32 Å². The minimum atomic E-state index is 0.00957. The van der Waals surface area contributed by atoms with E-state index in [0.29, 0.717) is 18.6 Å². The van der Waals surface area contributed by atoms with Gasteiger partial charge in [0.05, 0.1) is 6.61 Å². The number of thioether (sulfide) groups is 1. The smallest absolute Gasteiger partial charge is 0.0616 e. The Hall–Kier alpha value is -0.0300. The molecular weight excluding hydrogens is 346 g/mol. The van der Waals surface area contributed by atoms with Gasteiger partial charge in [-0.2, -0.15) is 0 Å². The van der Waals surface area contributed by atoms with Crippen molar-refractivity contribution in [2.45, 2.75) is 55.0 Å². The molecule has 0 bridgehead atoms. The minimum absolute atomic E-state index is 0.00957. The van der Waals surface area contributed by atoms with Gasteiger partial charge in [-0.1, -0.05) is 18.6 Å². The van der Waals surface area contributed by atoms with Crippen molar-refractivity contribution in [3.8, 4) is 0 Å². The Balaban J connectivity index is 1.55. The van der Waals surface area contributed by atoms with Crippen LogP contribution in [0.15, 0.2) is 33.6 Å². The van der Waals surface area contributed by atoms with Crippen molar-refractivity contribution >= 4 is 27.7 Å². The molecule has 3 rings (SSSR count). The van der Waals surface area contributed by atoms with Crippen LogP contribution in [0.1, 0.15) is 38.5 Å². The monoisotopic (exact) mass is 369 g/mol. The summed E-state index contributed by atoms with van der Waals surface area (Å²) in [5, 5.41) is 13.7. The number of nitrogens with one attached hydrogen (secondary N) is 1. The minimum Gasteiger partial charge on any atom is -0.394 e. The van der Waals surface area contributed by atoms with Crippen molar-refractivity contribution in [1.29, 1.82) is 0 Å². The molecule has 0 spiro atoms. The summed E-state index contributed by atoms with van der Waals surface area (Å²) in [5.41, 5.74) is 0.00957. The standard InChI is InChI=1S/C17H24BrNOS/c18-15-5-1-2-6-16(15)21-11-9-13-4-3-10-17(13,12-20)19-14-7-8-14/h1-2,5-6,13-14,19-20H,3-4,7-12H2. The van der Waals surface area contributed by atoms with Gasteiger partial charge < -0.3 is 10.4 Å². The number of aliphatic hydroxyl groups excluding tert-OH is 1. The summed E-state index contributed by atoms with van der Waals surface area (Å²) in [6, 6.07) is 9.10. The van der Waals surface area contributed by atoms with E-state index in [1.807, 2.05) is 11.8 Å². The van der Waals surface area contributed by atoms with Gasteiger partial charge in [0.1, 0.15) is 0 Å². The van der Waals surface area contributed by atoms with Crippen LogP contribution in [0.3, 0.4) is 0 Å². The Morgan fingerprint density at radius 1 is 1.29 bits per heavy atom. The average Bonchev–Trinajstić information content (AvgIpc) is 3.21. The fourth-order valence-electron chi connectivity index (χ4n) is 3.52. The summed E-state index contributed by atoms with van der Waals surface area (Å²) in [5.74, 6) is 1.75. The van der Waals surface area contributed by atoms with E-state index in [-0.39, 0.29) is 5.54 Å². The highest BCUT2D eigenvalue weighted by atomic mass is 79.9. The molecule has 1 aromatic rings. The number of rotatable bonds is 7. The molecule has 4 heteroatoms. The summed E-state index contributed by atoms with van der Waals surface area (Å²) in [6.45, 7) is 0.299. The third kappa shape index (κ3) is 3.84. The molecule has 0 amide bonds. The molecule has 116 valence electrons. The molecule has 0 aromatic heterocycles. The van der Waals surface area contributed by atoms with Crippen molar-refractivity contribution in [3.05, 3.63) is 28.7 Å². The number of aliphatic hydroxyl groups is 1. The van der Waals surface area contributed by atoms with Crippen molar-refractivity contribution in [2.75, 3.05) is 12.4 Å². The predicted molar refractivity (Wildman–Crippen MR) is 92.8 cm³/mol. The summed E-state index contributed by atoms with van der Waals surface area (Å²) in [4.78, 5) is 1.32. The molecule has 0 heterocycles. The molecule has 1 aromatic carbocycles. The molecule has 2 aliphatic carbocycles. The zero-order valence-corrected chi connectivity index (χ0v) is 14.8. The largest absolute Gasteiger partial charge is 0.394 e. The van der Waals surface area contributed by atoms with Crippen LogP contribution in [0.5, 0.6) is 0 Å². The normalized spacial score (nSPS) is 29.0. The molecule has 2 nitrogen and oxygen atoms in total. The summed E-state index contributed by atoms with van der Waals surface area (Å²) in [6.07, 6.45) is 7.43. The molecule has 21 heavy (non-hydrogen) atoms. The van der Waals surface area contributed by atoms with Crippen LogP contribution in [0.25, 0.3) is 0 Å². The van der Waals surface area contributed by atoms with Gasteiger partial charge in [-0.3, -0.25) is 0 Å². The molecule has 2 unspecified atom stereocenters. The Morgan fingerprint density at radius 2 is 2.10 bits per heavy atom. The van der Waals surface area contributed by atoms with Gasteiger partial charge in [-0.25, -0.2) is 0 Å². The SMILES string of the molecule is OCC1(NC2CC2)CCCC1CCSc1ccccc1Br. The molecule has 2 aliphatic rings. The second-order valence-electron chi connectivity index (χ2n) is 6.39. The van der Waals surface area contributed by atoms with Crippen LogP contribution in [0, 0.1) is 5.92 Å². The second-order valence-corrected chi connectivity index (χ2v) is 8.38. The first-order valence-corrected chi connectivity index (χ1v) is 9.77. The van der Waals surface area contributed by atoms with Crippen molar-refractivity contribution < 1.29 is 5.11 Å². The van der Waals surface area contributed by atoms with Crippen LogP contribution in [-0.4, -0.2) is 29.0 Å². The van der Waals surface area contributed by atoms with Gasteiger partial charge in [0.2, 0.25) is 0 Å². The third-order valence-electron chi connectivity index (χ3n) is 4.87. The van der Waals surface area contributed by atoms with Gasteiger partial charge in [-0.15, -0.1) is 11.8 Å². The van der Waals surface area contributed by atoms with Gasteiger partial charge >= 0.3 is 0 Å². The lowest BCUT2D eigenvalue weighted by molar-refractivity contribution is 0.120. The maximum Gasteiger partial charge on any atom is 0.0616 e. The molecule has 2 N–H and O–H groups in total. The first-order chi connectivity index (χ1) is 10.2. The maximum absolute atomic E-state index is 9.95. The highest BCUT2D eigenvalue weighted by Crippen LogP contribution is 2.41. The predicted octanol–water partition coefficient (Wildman–Crippen LogP) is 4.21. The average molecular weight is 370 g/mol. The molecule has 0 radical (unpaired) electrons. The Labute approximate surface area is 140 Å². The van der Waals surface area contributed by atoms with E-state index in [0.717, 1.165) is 12.2 Å². The zero-order chi connectivity index (χ0) is 14.7. The highest BCUT2D eigenvalue weighted by Gasteiger charge is 2.44. The van der Waals surface area contributed by atoms with Crippen LogP contribution in [0.2, 0.25) is 0 Å². The van der Waals surface area contributed by atoms with E-state index >= 15 is 0 Å². The third-order valence-corrected chi connectivity index (χ3v) is 6.93. The van der Waals surface area contributed by atoms with E-state index in [1.165, 1.54) is 41.5 Å². The lowest BCUT2D eigenvalue weighted by Crippen LogP contribution is -2.52. The first-order valence-electron chi connectivity index (χ1n) is 7.99. The highest BCUT2D eigenvalue weighted by molar-refractivity contribution is 9.10. The summed E-state index contributed by atoms with van der Waals surface area (Å²) < 4.78 is 1.19. The molecule has 0 saturated heterocycles. The van der Waals surface area contributed by atoms with E-state index in [9.17, 15) is 5.11 Å². The molecule has 2 saturated carbocycles.